The summed E-state index contributed by atoms with van der Waals surface area (Å²) in [4.78, 5) is 2.29. The van der Waals surface area contributed by atoms with Gasteiger partial charge in [-0.05, 0) is 42.9 Å². The van der Waals surface area contributed by atoms with Crippen molar-refractivity contribution in [3.63, 3.8) is 0 Å². The zero-order chi connectivity index (χ0) is 14.4. The molecule has 0 radical (unpaired) electrons. The van der Waals surface area contributed by atoms with E-state index in [1.807, 2.05) is 0 Å². The van der Waals surface area contributed by atoms with E-state index in [4.69, 9.17) is 5.73 Å². The molecular weight excluding hydrogens is 239 g/mol. The number of rotatable bonds is 7. The zero-order valence-corrected chi connectivity index (χ0v) is 12.6. The Balaban J connectivity index is 2.81. The molecule has 1 rings (SSSR count). The average molecular weight is 266 g/mol. The summed E-state index contributed by atoms with van der Waals surface area (Å²) in [6, 6.07) is 4.70. The van der Waals surface area contributed by atoms with Gasteiger partial charge in [0, 0.05) is 13.1 Å². The second-order valence-electron chi connectivity index (χ2n) is 6.06. The van der Waals surface area contributed by atoms with Crippen LogP contribution in [0.5, 0.6) is 0 Å². The number of halogens is 1. The van der Waals surface area contributed by atoms with Gasteiger partial charge in [-0.15, -0.1) is 0 Å². The molecule has 0 unspecified atom stereocenters. The van der Waals surface area contributed by atoms with Gasteiger partial charge in [0.2, 0.25) is 0 Å². The highest BCUT2D eigenvalue weighted by Crippen LogP contribution is 2.25. The van der Waals surface area contributed by atoms with Crippen molar-refractivity contribution in [3.8, 4) is 0 Å². The van der Waals surface area contributed by atoms with Crippen LogP contribution < -0.4 is 10.6 Å². The normalized spacial score (nSPS) is 11.3. The Morgan fingerprint density at radius 3 is 2.00 bits per heavy atom. The van der Waals surface area contributed by atoms with Crippen molar-refractivity contribution in [3.05, 3.63) is 24.0 Å². The van der Waals surface area contributed by atoms with Crippen LogP contribution in [0, 0.1) is 17.7 Å². The molecule has 1 aromatic rings. The monoisotopic (exact) mass is 266 g/mol. The summed E-state index contributed by atoms with van der Waals surface area (Å²) >= 11 is 0. The van der Waals surface area contributed by atoms with E-state index in [0.717, 1.165) is 31.6 Å². The van der Waals surface area contributed by atoms with Crippen molar-refractivity contribution >= 4 is 11.4 Å². The first-order chi connectivity index (χ1) is 8.90. The molecule has 0 aromatic heterocycles. The van der Waals surface area contributed by atoms with Crippen LogP contribution in [0.4, 0.5) is 15.8 Å². The lowest BCUT2D eigenvalue weighted by Crippen LogP contribution is -2.28. The van der Waals surface area contributed by atoms with Crippen molar-refractivity contribution in [1.29, 1.82) is 0 Å². The number of nitrogens with zero attached hydrogens (tertiary/aromatic N) is 1. The Morgan fingerprint density at radius 2 is 1.58 bits per heavy atom. The number of nitrogens with two attached hydrogens (primary N) is 1. The average Bonchev–Trinajstić information content (AvgIpc) is 2.30. The maximum Gasteiger partial charge on any atom is 0.125 e. The van der Waals surface area contributed by atoms with Crippen LogP contribution in [-0.4, -0.2) is 13.1 Å². The predicted octanol–water partition coefficient (Wildman–Crippen LogP) is 4.31. The van der Waals surface area contributed by atoms with Crippen molar-refractivity contribution < 1.29 is 4.39 Å². The van der Waals surface area contributed by atoms with Gasteiger partial charge in [-0.1, -0.05) is 27.7 Å². The Morgan fingerprint density at radius 1 is 1.05 bits per heavy atom. The third-order valence-corrected chi connectivity index (χ3v) is 3.28. The van der Waals surface area contributed by atoms with Crippen LogP contribution >= 0.6 is 0 Å². The number of nitrogen functional groups attached to an aromatic ring is 1. The molecule has 0 fully saturated rings. The molecule has 2 nitrogen and oxygen atoms in total. The number of anilines is 2. The van der Waals surface area contributed by atoms with Gasteiger partial charge in [0.05, 0.1) is 11.4 Å². The van der Waals surface area contributed by atoms with Gasteiger partial charge < -0.3 is 10.6 Å². The van der Waals surface area contributed by atoms with Gasteiger partial charge in [0.25, 0.3) is 0 Å². The molecule has 0 spiro atoms. The third kappa shape index (κ3) is 5.50. The second kappa shape index (κ2) is 7.37. The van der Waals surface area contributed by atoms with Crippen molar-refractivity contribution in [2.24, 2.45) is 11.8 Å². The fourth-order valence-electron chi connectivity index (χ4n) is 1.99. The summed E-state index contributed by atoms with van der Waals surface area (Å²) < 4.78 is 13.1. The molecule has 108 valence electrons. The van der Waals surface area contributed by atoms with E-state index >= 15 is 0 Å². The lowest BCUT2D eigenvalue weighted by atomic mass is 10.1. The molecule has 0 aliphatic carbocycles. The standard InChI is InChI=1S/C16H27FN2/c1-12(2)7-9-19(10-8-13(3)4)16-6-5-14(17)11-15(16)18/h5-6,11-13H,7-10,18H2,1-4H3. The number of benzene rings is 1. The Kier molecular flexibility index (Phi) is 6.13. The van der Waals surface area contributed by atoms with Crippen LogP contribution in [0.3, 0.4) is 0 Å². The smallest absolute Gasteiger partial charge is 0.125 e. The van der Waals surface area contributed by atoms with Gasteiger partial charge in [0.15, 0.2) is 0 Å². The quantitative estimate of drug-likeness (QED) is 0.745. The molecule has 0 saturated carbocycles. The van der Waals surface area contributed by atoms with Gasteiger partial charge in [-0.2, -0.15) is 0 Å². The molecule has 0 atom stereocenters. The molecule has 19 heavy (non-hydrogen) atoms. The first kappa shape index (κ1) is 15.8. The number of hydrogen-bond acceptors (Lipinski definition) is 2. The van der Waals surface area contributed by atoms with Gasteiger partial charge in [-0.3, -0.25) is 0 Å². The molecule has 0 aliphatic rings. The molecular formula is C16H27FN2. The molecule has 0 aliphatic heterocycles. The van der Waals surface area contributed by atoms with Crippen LogP contribution in [0.1, 0.15) is 40.5 Å². The first-order valence-electron chi connectivity index (χ1n) is 7.20. The van der Waals surface area contributed by atoms with Crippen molar-refractivity contribution in [2.75, 3.05) is 23.7 Å². The van der Waals surface area contributed by atoms with E-state index in [1.54, 1.807) is 6.07 Å². The summed E-state index contributed by atoms with van der Waals surface area (Å²) in [7, 11) is 0. The first-order valence-corrected chi connectivity index (χ1v) is 7.20. The molecule has 0 bridgehead atoms. The highest BCUT2D eigenvalue weighted by Gasteiger charge is 2.12. The Labute approximate surface area is 116 Å². The molecule has 2 N–H and O–H groups in total. The Bertz CT molecular complexity index is 376. The van der Waals surface area contributed by atoms with Gasteiger partial charge >= 0.3 is 0 Å². The minimum Gasteiger partial charge on any atom is -0.397 e. The van der Waals surface area contributed by atoms with Crippen LogP contribution in [-0.2, 0) is 0 Å². The van der Waals surface area contributed by atoms with Gasteiger partial charge in [-0.25, -0.2) is 4.39 Å². The molecule has 3 heteroatoms. The van der Waals surface area contributed by atoms with E-state index in [2.05, 4.69) is 32.6 Å². The lowest BCUT2D eigenvalue weighted by molar-refractivity contribution is 0.535. The highest BCUT2D eigenvalue weighted by atomic mass is 19.1. The van der Waals surface area contributed by atoms with Crippen LogP contribution in [0.2, 0.25) is 0 Å². The summed E-state index contributed by atoms with van der Waals surface area (Å²) in [6.45, 7) is 10.8. The molecule has 0 amide bonds. The second-order valence-corrected chi connectivity index (χ2v) is 6.06. The largest absolute Gasteiger partial charge is 0.397 e. The summed E-state index contributed by atoms with van der Waals surface area (Å²) in [5.74, 6) is 1.04. The van der Waals surface area contributed by atoms with Crippen LogP contribution in [0.15, 0.2) is 18.2 Å². The topological polar surface area (TPSA) is 29.3 Å². The van der Waals surface area contributed by atoms with Crippen molar-refractivity contribution in [2.45, 2.75) is 40.5 Å². The fraction of sp³-hybridized carbons (Fsp3) is 0.625. The van der Waals surface area contributed by atoms with E-state index in [9.17, 15) is 4.39 Å². The maximum absolute atomic E-state index is 13.1. The Hall–Kier alpha value is -1.25. The number of hydrogen-bond donors (Lipinski definition) is 1. The molecule has 1 aromatic carbocycles. The van der Waals surface area contributed by atoms with Crippen LogP contribution in [0.25, 0.3) is 0 Å². The maximum atomic E-state index is 13.1. The highest BCUT2D eigenvalue weighted by molar-refractivity contribution is 5.67. The summed E-state index contributed by atoms with van der Waals surface area (Å²) in [6.07, 6.45) is 2.24. The summed E-state index contributed by atoms with van der Waals surface area (Å²) in [5, 5.41) is 0. The van der Waals surface area contributed by atoms with E-state index in [0.29, 0.717) is 17.5 Å². The third-order valence-electron chi connectivity index (χ3n) is 3.28. The van der Waals surface area contributed by atoms with E-state index in [1.165, 1.54) is 12.1 Å². The van der Waals surface area contributed by atoms with E-state index < -0.39 is 0 Å². The SMILES string of the molecule is CC(C)CCN(CCC(C)C)c1ccc(F)cc1N. The predicted molar refractivity (Wildman–Crippen MR) is 81.9 cm³/mol. The molecule has 0 saturated heterocycles. The summed E-state index contributed by atoms with van der Waals surface area (Å²) in [5.41, 5.74) is 7.45. The minimum absolute atomic E-state index is 0.270. The van der Waals surface area contributed by atoms with Crippen molar-refractivity contribution in [1.82, 2.24) is 0 Å². The fourth-order valence-corrected chi connectivity index (χ4v) is 1.99. The molecule has 0 heterocycles. The lowest BCUT2D eigenvalue weighted by Gasteiger charge is -2.27. The zero-order valence-electron chi connectivity index (χ0n) is 12.6. The minimum atomic E-state index is -0.270. The van der Waals surface area contributed by atoms with E-state index in [-0.39, 0.29) is 5.82 Å². The van der Waals surface area contributed by atoms with Gasteiger partial charge in [0.1, 0.15) is 5.82 Å².